The fourth-order valence-electron chi connectivity index (χ4n) is 6.66. The summed E-state index contributed by atoms with van der Waals surface area (Å²) in [6.45, 7) is 2.69. The molecule has 2 aromatic heterocycles. The van der Waals surface area contributed by atoms with Crippen molar-refractivity contribution < 1.29 is 24.1 Å². The maximum Gasteiger partial charge on any atom is 0.335 e. The molecule has 5 aromatic rings. The molecule has 0 unspecified atom stereocenters. The summed E-state index contributed by atoms with van der Waals surface area (Å²) in [6.07, 6.45) is 7.04. The van der Waals surface area contributed by atoms with Gasteiger partial charge in [-0.1, -0.05) is 19.3 Å². The number of halogens is 3. The first-order valence-corrected chi connectivity index (χ1v) is 16.9. The number of thiazole rings is 1. The maximum absolute atomic E-state index is 13.7. The molecule has 0 bridgehead atoms. The Bertz CT molecular complexity index is 1830. The second-order valence-electron chi connectivity index (χ2n) is 12.3. The van der Waals surface area contributed by atoms with Crippen LogP contribution in [0.5, 0.6) is 5.75 Å². The number of aliphatic hydroxyl groups is 1. The van der Waals surface area contributed by atoms with Gasteiger partial charge in [0.25, 0.3) is 0 Å². The van der Waals surface area contributed by atoms with Crippen molar-refractivity contribution in [3.8, 4) is 28.4 Å². The number of hydrogen-bond acceptors (Lipinski definition) is 7. The fourth-order valence-corrected chi connectivity index (χ4v) is 7.71. The normalized spacial score (nSPS) is 16.0. The smallest absolute Gasteiger partial charge is 0.335 e. The number of likely N-dealkylation sites (tertiary alicyclic amines) is 1. The van der Waals surface area contributed by atoms with E-state index in [4.69, 9.17) is 14.7 Å². The number of fused-ring (bicyclic) bond motifs is 1. The molecule has 1 saturated carbocycles. The molecular weight excluding hydrogens is 674 g/mol. The van der Waals surface area contributed by atoms with Crippen LogP contribution in [0.2, 0.25) is 0 Å². The highest BCUT2D eigenvalue weighted by atomic mass is 35.5. The number of carboxylic acids is 1. The van der Waals surface area contributed by atoms with Crippen molar-refractivity contribution in [1.29, 1.82) is 0 Å². The quantitative estimate of drug-likeness (QED) is 0.158. The highest BCUT2D eigenvalue weighted by Crippen LogP contribution is 2.37. The van der Waals surface area contributed by atoms with Crippen LogP contribution in [0.4, 0.5) is 4.39 Å². The Morgan fingerprint density at radius 2 is 1.58 bits per heavy atom. The zero-order chi connectivity index (χ0) is 31.6. The standard InChI is InChI=1S/C36H37FN4O4S.2ClH/c37-26-11-6-23(7-12-26)34-32(46-33(39-34)21-40-18-16-28(42)17-19-40)22-45-29-13-8-24(9-14-29)35-38-30-20-25(36(43)44)10-15-31(30)41(35)27-4-2-1-3-5-27;;/h6-15,20,27-28,42H,1-5,16-19,21-22H2,(H,43,44);2*1H. The third-order valence-electron chi connectivity index (χ3n) is 9.13. The maximum atomic E-state index is 13.7. The number of carboxylic acid groups (broad SMARTS) is 1. The molecule has 0 spiro atoms. The van der Waals surface area contributed by atoms with Crippen LogP contribution in [-0.2, 0) is 13.2 Å². The molecule has 2 fully saturated rings. The number of hydrogen-bond donors (Lipinski definition) is 2. The van der Waals surface area contributed by atoms with Crippen molar-refractivity contribution in [2.45, 2.75) is 70.2 Å². The number of aliphatic hydroxyl groups excluding tert-OH is 1. The molecule has 0 amide bonds. The second-order valence-corrected chi connectivity index (χ2v) is 13.5. The predicted octanol–water partition coefficient (Wildman–Crippen LogP) is 8.55. The predicted molar refractivity (Wildman–Crippen MR) is 191 cm³/mol. The van der Waals surface area contributed by atoms with Gasteiger partial charge < -0.3 is 19.5 Å². The number of piperidine rings is 1. The van der Waals surface area contributed by atoms with E-state index in [0.717, 1.165) is 76.8 Å². The third-order valence-corrected chi connectivity index (χ3v) is 10.1. The van der Waals surface area contributed by atoms with Gasteiger partial charge in [0.15, 0.2) is 0 Å². The summed E-state index contributed by atoms with van der Waals surface area (Å²) in [6, 6.07) is 19.8. The number of ether oxygens (including phenoxy) is 1. The summed E-state index contributed by atoms with van der Waals surface area (Å²) < 4.78 is 22.3. The summed E-state index contributed by atoms with van der Waals surface area (Å²) >= 11 is 1.61. The number of imidazole rings is 1. The van der Waals surface area contributed by atoms with Crippen molar-refractivity contribution in [3.63, 3.8) is 0 Å². The van der Waals surface area contributed by atoms with E-state index in [1.165, 1.54) is 31.4 Å². The van der Waals surface area contributed by atoms with Crippen LogP contribution >= 0.6 is 36.2 Å². The molecule has 1 aliphatic heterocycles. The van der Waals surface area contributed by atoms with Crippen molar-refractivity contribution >= 4 is 53.2 Å². The molecule has 12 heteroatoms. The minimum Gasteiger partial charge on any atom is -0.488 e. The van der Waals surface area contributed by atoms with E-state index in [-0.39, 0.29) is 42.3 Å². The Kier molecular flexibility index (Phi) is 11.8. The van der Waals surface area contributed by atoms with Gasteiger partial charge in [0, 0.05) is 30.3 Å². The summed E-state index contributed by atoms with van der Waals surface area (Å²) in [5.74, 6) is 0.302. The summed E-state index contributed by atoms with van der Waals surface area (Å²) in [7, 11) is 0. The van der Waals surface area contributed by atoms with Crippen LogP contribution in [0.3, 0.4) is 0 Å². The number of benzene rings is 3. The number of carbonyl (C=O) groups is 1. The van der Waals surface area contributed by atoms with Gasteiger partial charge in [-0.15, -0.1) is 36.2 Å². The first kappa shape index (κ1) is 35.8. The topological polar surface area (TPSA) is 101 Å². The van der Waals surface area contributed by atoms with Crippen molar-refractivity contribution in [3.05, 3.63) is 88.0 Å². The van der Waals surface area contributed by atoms with Gasteiger partial charge in [-0.3, -0.25) is 4.90 Å². The molecule has 7 rings (SSSR count). The molecule has 1 aliphatic carbocycles. The van der Waals surface area contributed by atoms with Crippen LogP contribution in [-0.4, -0.2) is 54.8 Å². The highest BCUT2D eigenvalue weighted by Gasteiger charge is 2.24. The molecular formula is C36H39Cl2FN4O4S. The molecule has 254 valence electrons. The SMILES string of the molecule is Cl.Cl.O=C(O)c1ccc2c(c1)nc(-c1ccc(OCc3sc(CN4CCC(O)CC4)nc3-c3ccc(F)cc3)cc1)n2C1CCCCC1. The van der Waals surface area contributed by atoms with Gasteiger partial charge in [-0.25, -0.2) is 19.2 Å². The van der Waals surface area contributed by atoms with E-state index >= 15 is 0 Å². The lowest BCUT2D eigenvalue weighted by atomic mass is 9.95. The first-order chi connectivity index (χ1) is 22.4. The number of aromatic nitrogens is 3. The molecule has 1 saturated heterocycles. The lowest BCUT2D eigenvalue weighted by Crippen LogP contribution is -2.35. The summed E-state index contributed by atoms with van der Waals surface area (Å²) in [4.78, 5) is 24.8. The first-order valence-electron chi connectivity index (χ1n) is 16.0. The Balaban J connectivity index is 0.00000225. The number of aromatic carboxylic acids is 1. The van der Waals surface area contributed by atoms with Crippen molar-refractivity contribution in [1.82, 2.24) is 19.4 Å². The van der Waals surface area contributed by atoms with Crippen LogP contribution in [0.1, 0.15) is 71.2 Å². The molecule has 8 nitrogen and oxygen atoms in total. The van der Waals surface area contributed by atoms with Crippen molar-refractivity contribution in [2.24, 2.45) is 0 Å². The van der Waals surface area contributed by atoms with Crippen LogP contribution in [0, 0.1) is 5.82 Å². The molecule has 2 N–H and O–H groups in total. The van der Waals surface area contributed by atoms with E-state index in [1.54, 1.807) is 35.6 Å². The minimum absolute atomic E-state index is 0. The second kappa shape index (κ2) is 15.8. The van der Waals surface area contributed by atoms with E-state index < -0.39 is 5.97 Å². The zero-order valence-electron chi connectivity index (χ0n) is 26.4. The van der Waals surface area contributed by atoms with Gasteiger partial charge in [0.05, 0.1) is 39.8 Å². The van der Waals surface area contributed by atoms with Gasteiger partial charge >= 0.3 is 5.97 Å². The lowest BCUT2D eigenvalue weighted by molar-refractivity contribution is 0.0696. The monoisotopic (exact) mass is 712 g/mol. The van der Waals surface area contributed by atoms with E-state index in [2.05, 4.69) is 9.47 Å². The van der Waals surface area contributed by atoms with E-state index in [0.29, 0.717) is 30.5 Å². The molecule has 0 radical (unpaired) electrons. The molecule has 3 heterocycles. The molecule has 3 aromatic carbocycles. The summed E-state index contributed by atoms with van der Waals surface area (Å²) in [5.41, 5.74) is 4.48. The van der Waals surface area contributed by atoms with Crippen LogP contribution in [0.25, 0.3) is 33.7 Å². The fraction of sp³-hybridized carbons (Fsp3) is 0.361. The highest BCUT2D eigenvalue weighted by molar-refractivity contribution is 7.12. The molecule has 48 heavy (non-hydrogen) atoms. The molecule has 0 atom stereocenters. The Morgan fingerprint density at radius 1 is 0.896 bits per heavy atom. The van der Waals surface area contributed by atoms with Gasteiger partial charge in [-0.05, 0) is 92.4 Å². The average molecular weight is 714 g/mol. The van der Waals surface area contributed by atoms with E-state index in [1.807, 2.05) is 30.3 Å². The van der Waals surface area contributed by atoms with Gasteiger partial charge in [0.1, 0.15) is 29.0 Å². The largest absolute Gasteiger partial charge is 0.488 e. The molecule has 2 aliphatic rings. The number of rotatable bonds is 9. The van der Waals surface area contributed by atoms with Gasteiger partial charge in [-0.2, -0.15) is 0 Å². The Morgan fingerprint density at radius 3 is 2.27 bits per heavy atom. The Labute approximate surface area is 295 Å². The minimum atomic E-state index is -0.959. The van der Waals surface area contributed by atoms with Gasteiger partial charge in [0.2, 0.25) is 0 Å². The Hall–Kier alpha value is -3.54. The third kappa shape index (κ3) is 7.84. The lowest BCUT2D eigenvalue weighted by Gasteiger charge is -2.28. The summed E-state index contributed by atoms with van der Waals surface area (Å²) in [5, 5.41) is 20.4. The zero-order valence-corrected chi connectivity index (χ0v) is 28.8. The number of nitrogens with zero attached hydrogens (tertiary/aromatic N) is 4. The van der Waals surface area contributed by atoms with Crippen LogP contribution in [0.15, 0.2) is 66.7 Å². The van der Waals surface area contributed by atoms with Crippen LogP contribution < -0.4 is 4.74 Å². The van der Waals surface area contributed by atoms with E-state index in [9.17, 15) is 19.4 Å². The average Bonchev–Trinajstić information content (AvgIpc) is 3.67. The van der Waals surface area contributed by atoms with Crippen molar-refractivity contribution in [2.75, 3.05) is 13.1 Å².